The van der Waals surface area contributed by atoms with Crippen LogP contribution < -0.4 is 4.90 Å². The van der Waals surface area contributed by atoms with E-state index in [1.165, 1.54) is 6.07 Å². The lowest BCUT2D eigenvalue weighted by Gasteiger charge is -2.36. The first-order chi connectivity index (χ1) is 11.0. The zero-order chi connectivity index (χ0) is 17.0. The monoisotopic (exact) mass is 334 g/mol. The highest BCUT2D eigenvalue weighted by atomic mass is 35.5. The first-order valence-electron chi connectivity index (χ1n) is 7.26. The topological polar surface area (TPSA) is 62.5 Å². The van der Waals surface area contributed by atoms with Crippen LogP contribution in [0.2, 0.25) is 5.02 Å². The van der Waals surface area contributed by atoms with Gasteiger partial charge in [-0.2, -0.15) is 0 Å². The zero-order valence-electron chi connectivity index (χ0n) is 13.3. The van der Waals surface area contributed by atoms with Crippen LogP contribution in [-0.4, -0.2) is 35.1 Å². The molecule has 1 aromatic carbocycles. The predicted molar refractivity (Wildman–Crippen MR) is 92.2 cm³/mol. The minimum absolute atomic E-state index is 0.0252. The van der Waals surface area contributed by atoms with Crippen LogP contribution in [0.15, 0.2) is 42.6 Å². The Morgan fingerprint density at radius 1 is 1.26 bits per heavy atom. The van der Waals surface area contributed by atoms with Crippen molar-refractivity contribution in [2.75, 3.05) is 19.0 Å². The van der Waals surface area contributed by atoms with Crippen molar-refractivity contribution in [3.8, 4) is 0 Å². The molecular formula is C16H19ClN4O2. The Labute approximate surface area is 140 Å². The van der Waals surface area contributed by atoms with Gasteiger partial charge in [-0.25, -0.2) is 4.98 Å². The van der Waals surface area contributed by atoms with Gasteiger partial charge < -0.3 is 4.90 Å². The van der Waals surface area contributed by atoms with E-state index in [2.05, 4.69) is 4.98 Å². The van der Waals surface area contributed by atoms with Crippen LogP contribution in [0, 0.1) is 10.1 Å². The molecule has 6 nitrogen and oxygen atoms in total. The van der Waals surface area contributed by atoms with Crippen LogP contribution in [0.25, 0.3) is 0 Å². The normalized spacial score (nSPS) is 12.2. The maximum absolute atomic E-state index is 11.4. The van der Waals surface area contributed by atoms with Gasteiger partial charge in [-0.05, 0) is 50.8 Å². The fraction of sp³-hybridized carbons (Fsp3) is 0.312. The molecule has 0 fully saturated rings. The zero-order valence-corrected chi connectivity index (χ0v) is 14.1. The summed E-state index contributed by atoms with van der Waals surface area (Å²) < 4.78 is 0. The third-order valence-corrected chi connectivity index (χ3v) is 3.81. The maximum atomic E-state index is 11.4. The van der Waals surface area contributed by atoms with Gasteiger partial charge in [0.2, 0.25) is 5.82 Å². The SMILES string of the molecule is CCC(N(C)C)N(c1ccc(Cl)cc1)c1ncccc1[N+](=O)[O-]. The van der Waals surface area contributed by atoms with Crippen molar-refractivity contribution in [3.63, 3.8) is 0 Å². The molecule has 23 heavy (non-hydrogen) atoms. The Morgan fingerprint density at radius 3 is 2.43 bits per heavy atom. The Morgan fingerprint density at radius 2 is 1.91 bits per heavy atom. The van der Waals surface area contributed by atoms with Crippen LogP contribution in [0.5, 0.6) is 0 Å². The number of hydrogen-bond donors (Lipinski definition) is 0. The lowest BCUT2D eigenvalue weighted by molar-refractivity contribution is -0.384. The van der Waals surface area contributed by atoms with Gasteiger partial charge in [0.05, 0.1) is 11.1 Å². The van der Waals surface area contributed by atoms with Gasteiger partial charge in [-0.15, -0.1) is 0 Å². The highest BCUT2D eigenvalue weighted by Gasteiger charge is 2.28. The number of pyridine rings is 1. The van der Waals surface area contributed by atoms with E-state index in [1.807, 2.05) is 43.0 Å². The highest BCUT2D eigenvalue weighted by Crippen LogP contribution is 2.35. The minimum atomic E-state index is -0.409. The second kappa shape index (κ2) is 7.39. The van der Waals surface area contributed by atoms with E-state index in [0.29, 0.717) is 10.8 Å². The molecule has 0 aliphatic rings. The summed E-state index contributed by atoms with van der Waals surface area (Å²) in [6.45, 7) is 2.03. The van der Waals surface area contributed by atoms with Crippen molar-refractivity contribution < 1.29 is 4.92 Å². The lowest BCUT2D eigenvalue weighted by atomic mass is 10.2. The van der Waals surface area contributed by atoms with E-state index < -0.39 is 4.92 Å². The molecule has 2 rings (SSSR count). The number of aromatic nitrogens is 1. The molecular weight excluding hydrogens is 316 g/mol. The highest BCUT2D eigenvalue weighted by molar-refractivity contribution is 6.30. The molecule has 2 aromatic rings. The fourth-order valence-corrected chi connectivity index (χ4v) is 2.66. The van der Waals surface area contributed by atoms with Gasteiger partial charge >= 0.3 is 5.69 Å². The van der Waals surface area contributed by atoms with Crippen molar-refractivity contribution in [1.82, 2.24) is 9.88 Å². The molecule has 0 bridgehead atoms. The van der Waals surface area contributed by atoms with Crippen LogP contribution in [0.4, 0.5) is 17.2 Å². The molecule has 0 aliphatic carbocycles. The van der Waals surface area contributed by atoms with Crippen molar-refractivity contribution in [2.45, 2.75) is 19.5 Å². The average Bonchev–Trinajstić information content (AvgIpc) is 2.53. The molecule has 0 amide bonds. The molecule has 0 saturated carbocycles. The van der Waals surface area contributed by atoms with Gasteiger partial charge in [-0.3, -0.25) is 15.0 Å². The van der Waals surface area contributed by atoms with Gasteiger partial charge in [0, 0.05) is 23.0 Å². The molecule has 0 spiro atoms. The lowest BCUT2D eigenvalue weighted by Crippen LogP contribution is -2.42. The third kappa shape index (κ3) is 3.78. The van der Waals surface area contributed by atoms with Crippen LogP contribution in [-0.2, 0) is 0 Å². The average molecular weight is 335 g/mol. The van der Waals surface area contributed by atoms with Crippen molar-refractivity contribution in [2.24, 2.45) is 0 Å². The number of benzene rings is 1. The van der Waals surface area contributed by atoms with Crippen molar-refractivity contribution in [1.29, 1.82) is 0 Å². The summed E-state index contributed by atoms with van der Waals surface area (Å²) in [5, 5.41) is 12.0. The number of nitro groups is 1. The molecule has 1 aromatic heterocycles. The van der Waals surface area contributed by atoms with Gasteiger partial charge in [-0.1, -0.05) is 18.5 Å². The first kappa shape index (κ1) is 17.2. The van der Waals surface area contributed by atoms with E-state index in [1.54, 1.807) is 24.4 Å². The summed E-state index contributed by atoms with van der Waals surface area (Å²) in [5.74, 6) is 0.320. The Balaban J connectivity index is 2.62. The molecule has 0 N–H and O–H groups in total. The van der Waals surface area contributed by atoms with Crippen LogP contribution in [0.1, 0.15) is 13.3 Å². The van der Waals surface area contributed by atoms with Gasteiger partial charge in [0.1, 0.15) is 0 Å². The number of nitrogens with zero attached hydrogens (tertiary/aromatic N) is 4. The molecule has 0 aliphatic heterocycles. The molecule has 0 saturated heterocycles. The van der Waals surface area contributed by atoms with Crippen LogP contribution >= 0.6 is 11.6 Å². The predicted octanol–water partition coefficient (Wildman–Crippen LogP) is 4.08. The van der Waals surface area contributed by atoms with Crippen molar-refractivity contribution in [3.05, 3.63) is 57.7 Å². The largest absolute Gasteiger partial charge is 0.311 e. The second-order valence-corrected chi connectivity index (χ2v) is 5.74. The molecule has 122 valence electrons. The molecule has 0 radical (unpaired) electrons. The van der Waals surface area contributed by atoms with E-state index in [4.69, 9.17) is 11.6 Å². The summed E-state index contributed by atoms with van der Waals surface area (Å²) in [7, 11) is 3.87. The van der Waals surface area contributed by atoms with Crippen LogP contribution in [0.3, 0.4) is 0 Å². The Bertz CT molecular complexity index is 676. The van der Waals surface area contributed by atoms with E-state index in [9.17, 15) is 10.1 Å². The second-order valence-electron chi connectivity index (χ2n) is 5.30. The fourth-order valence-electron chi connectivity index (χ4n) is 2.53. The summed E-state index contributed by atoms with van der Waals surface area (Å²) in [5.41, 5.74) is 0.777. The minimum Gasteiger partial charge on any atom is -0.304 e. The standard InChI is InChI=1S/C16H19ClN4O2/c1-4-15(19(2)3)20(13-9-7-12(17)8-10-13)16-14(21(22)23)6-5-11-18-16/h5-11,15H,4H2,1-3H3. The van der Waals surface area contributed by atoms with Gasteiger partial charge in [0.15, 0.2) is 0 Å². The summed E-state index contributed by atoms with van der Waals surface area (Å²) >= 11 is 5.97. The third-order valence-electron chi connectivity index (χ3n) is 3.56. The quantitative estimate of drug-likeness (QED) is 0.452. The maximum Gasteiger partial charge on any atom is 0.311 e. The molecule has 1 atom stereocenters. The van der Waals surface area contributed by atoms with E-state index >= 15 is 0 Å². The first-order valence-corrected chi connectivity index (χ1v) is 7.64. The molecule has 1 heterocycles. The van der Waals surface area contributed by atoms with E-state index in [-0.39, 0.29) is 11.9 Å². The number of halogens is 1. The molecule has 7 heteroatoms. The number of hydrogen-bond acceptors (Lipinski definition) is 5. The summed E-state index contributed by atoms with van der Waals surface area (Å²) in [4.78, 5) is 19.1. The molecule has 1 unspecified atom stereocenters. The van der Waals surface area contributed by atoms with Gasteiger partial charge in [0.25, 0.3) is 0 Å². The number of rotatable bonds is 6. The number of anilines is 2. The Hall–Kier alpha value is -2.18. The summed E-state index contributed by atoms with van der Waals surface area (Å²) in [6, 6.07) is 10.2. The van der Waals surface area contributed by atoms with Crippen molar-refractivity contribution >= 4 is 28.8 Å². The van der Waals surface area contributed by atoms with E-state index in [0.717, 1.165) is 12.1 Å². The Kier molecular flexibility index (Phi) is 5.52. The smallest absolute Gasteiger partial charge is 0.304 e. The summed E-state index contributed by atoms with van der Waals surface area (Å²) in [6.07, 6.45) is 2.25.